The summed E-state index contributed by atoms with van der Waals surface area (Å²) in [5.74, 6) is 1.16. The van der Waals surface area contributed by atoms with Crippen LogP contribution in [0.3, 0.4) is 0 Å². The quantitative estimate of drug-likeness (QED) is 0.639. The molecule has 0 amide bonds. The predicted molar refractivity (Wildman–Crippen MR) is 76.1 cm³/mol. The molecule has 5 heteroatoms. The molecule has 0 saturated heterocycles. The maximum atomic E-state index is 11.8. The lowest BCUT2D eigenvalue weighted by molar-refractivity contribution is 0.102. The van der Waals surface area contributed by atoms with Crippen LogP contribution in [0.15, 0.2) is 30.7 Å². The van der Waals surface area contributed by atoms with E-state index in [0.29, 0.717) is 17.0 Å². The number of aromatic nitrogens is 2. The van der Waals surface area contributed by atoms with Crippen molar-refractivity contribution in [2.75, 3.05) is 5.33 Å². The van der Waals surface area contributed by atoms with Crippen molar-refractivity contribution in [3.8, 4) is 11.6 Å². The van der Waals surface area contributed by atoms with E-state index in [0.717, 1.165) is 16.7 Å². The molecule has 2 aromatic rings. The van der Waals surface area contributed by atoms with Gasteiger partial charge < -0.3 is 4.74 Å². The minimum Gasteiger partial charge on any atom is -0.437 e. The summed E-state index contributed by atoms with van der Waals surface area (Å²) in [5.41, 5.74) is 2.52. The Balaban J connectivity index is 2.33. The SMILES string of the molecule is Cc1cc(Oc2cnccn2)cc(C)c1C(=O)CBr. The Bertz CT molecular complexity index is 577. The minimum absolute atomic E-state index is 0.0704. The molecule has 1 aromatic heterocycles. The van der Waals surface area contributed by atoms with Gasteiger partial charge in [0.1, 0.15) is 5.75 Å². The van der Waals surface area contributed by atoms with E-state index >= 15 is 0 Å². The van der Waals surface area contributed by atoms with E-state index in [1.807, 2.05) is 26.0 Å². The van der Waals surface area contributed by atoms with Crippen LogP contribution < -0.4 is 4.74 Å². The number of rotatable bonds is 4. The fourth-order valence-electron chi connectivity index (χ4n) is 1.95. The molecular formula is C14H13BrN2O2. The number of halogens is 1. The molecule has 0 saturated carbocycles. The van der Waals surface area contributed by atoms with Crippen LogP contribution in [0.25, 0.3) is 0 Å². The monoisotopic (exact) mass is 320 g/mol. The van der Waals surface area contributed by atoms with Crippen molar-refractivity contribution in [1.82, 2.24) is 9.97 Å². The number of carbonyl (C=O) groups is 1. The van der Waals surface area contributed by atoms with Gasteiger partial charge in [0, 0.05) is 18.0 Å². The summed E-state index contributed by atoms with van der Waals surface area (Å²) in [7, 11) is 0. The number of Topliss-reactive ketones (excluding diaryl/α,β-unsaturated/α-hetero) is 1. The topological polar surface area (TPSA) is 52.1 Å². The standard InChI is InChI=1S/C14H13BrN2O2/c1-9-5-11(19-13-8-16-3-4-17-13)6-10(2)14(9)12(18)7-15/h3-6,8H,7H2,1-2H3. The largest absolute Gasteiger partial charge is 0.437 e. The molecule has 0 fully saturated rings. The number of carbonyl (C=O) groups excluding carboxylic acids is 1. The van der Waals surface area contributed by atoms with Crippen molar-refractivity contribution in [1.29, 1.82) is 0 Å². The second-order valence-electron chi connectivity index (χ2n) is 4.13. The highest BCUT2D eigenvalue weighted by molar-refractivity contribution is 9.09. The second-order valence-corrected chi connectivity index (χ2v) is 4.70. The average Bonchev–Trinajstić information content (AvgIpc) is 2.38. The number of hydrogen-bond donors (Lipinski definition) is 0. The summed E-state index contributed by atoms with van der Waals surface area (Å²) in [4.78, 5) is 19.8. The molecular weight excluding hydrogens is 308 g/mol. The van der Waals surface area contributed by atoms with Gasteiger partial charge in [-0.05, 0) is 37.1 Å². The lowest BCUT2D eigenvalue weighted by Gasteiger charge is -2.11. The first-order valence-corrected chi connectivity index (χ1v) is 6.88. The van der Waals surface area contributed by atoms with Crippen molar-refractivity contribution in [3.05, 3.63) is 47.4 Å². The molecule has 19 heavy (non-hydrogen) atoms. The molecule has 0 atom stereocenters. The molecule has 0 aliphatic rings. The summed E-state index contributed by atoms with van der Waals surface area (Å²) >= 11 is 3.19. The van der Waals surface area contributed by atoms with E-state index < -0.39 is 0 Å². The van der Waals surface area contributed by atoms with Crippen LogP contribution in [0.1, 0.15) is 21.5 Å². The zero-order valence-electron chi connectivity index (χ0n) is 10.7. The van der Waals surface area contributed by atoms with Crippen molar-refractivity contribution in [2.24, 2.45) is 0 Å². The molecule has 0 spiro atoms. The van der Waals surface area contributed by atoms with E-state index in [-0.39, 0.29) is 5.78 Å². The summed E-state index contributed by atoms with van der Waals surface area (Å²) in [6, 6.07) is 3.66. The molecule has 0 radical (unpaired) electrons. The molecule has 2 rings (SSSR count). The van der Waals surface area contributed by atoms with Gasteiger partial charge in [-0.3, -0.25) is 9.78 Å². The third-order valence-corrected chi connectivity index (χ3v) is 3.18. The van der Waals surface area contributed by atoms with Gasteiger partial charge in [-0.15, -0.1) is 0 Å². The van der Waals surface area contributed by atoms with Gasteiger partial charge in [0.15, 0.2) is 5.78 Å². The van der Waals surface area contributed by atoms with Crippen LogP contribution in [0.4, 0.5) is 0 Å². The molecule has 0 N–H and O–H groups in total. The molecule has 4 nitrogen and oxygen atoms in total. The zero-order valence-corrected chi connectivity index (χ0v) is 12.3. The normalized spacial score (nSPS) is 10.3. The van der Waals surface area contributed by atoms with Gasteiger partial charge in [-0.2, -0.15) is 0 Å². The Morgan fingerprint density at radius 3 is 2.47 bits per heavy atom. The van der Waals surface area contributed by atoms with E-state index in [1.165, 1.54) is 0 Å². The Kier molecular flexibility index (Phi) is 4.27. The van der Waals surface area contributed by atoms with E-state index in [2.05, 4.69) is 25.9 Å². The average molecular weight is 321 g/mol. The number of aryl methyl sites for hydroxylation is 2. The predicted octanol–water partition coefficient (Wildman–Crippen LogP) is 3.46. The Morgan fingerprint density at radius 2 is 1.95 bits per heavy atom. The third-order valence-electron chi connectivity index (χ3n) is 2.67. The van der Waals surface area contributed by atoms with E-state index in [9.17, 15) is 4.79 Å². The number of ketones is 1. The van der Waals surface area contributed by atoms with Crippen LogP contribution in [-0.4, -0.2) is 21.1 Å². The maximum Gasteiger partial charge on any atom is 0.237 e. The summed E-state index contributed by atoms with van der Waals surface area (Å²) in [6.45, 7) is 3.79. The van der Waals surface area contributed by atoms with Gasteiger partial charge in [-0.1, -0.05) is 15.9 Å². The molecule has 1 heterocycles. The minimum atomic E-state index is 0.0704. The number of hydrogen-bond acceptors (Lipinski definition) is 4. The van der Waals surface area contributed by atoms with Crippen LogP contribution in [0.2, 0.25) is 0 Å². The highest BCUT2D eigenvalue weighted by Gasteiger charge is 2.13. The smallest absolute Gasteiger partial charge is 0.237 e. The summed E-state index contributed by atoms with van der Waals surface area (Å²) < 4.78 is 5.61. The molecule has 1 aromatic carbocycles. The highest BCUT2D eigenvalue weighted by Crippen LogP contribution is 2.25. The van der Waals surface area contributed by atoms with E-state index in [4.69, 9.17) is 4.74 Å². The zero-order chi connectivity index (χ0) is 13.8. The third kappa shape index (κ3) is 3.17. The van der Waals surface area contributed by atoms with Gasteiger partial charge in [0.2, 0.25) is 5.88 Å². The van der Waals surface area contributed by atoms with Crippen LogP contribution >= 0.6 is 15.9 Å². The number of nitrogens with zero attached hydrogens (tertiary/aromatic N) is 2. The first-order chi connectivity index (χ1) is 9.11. The Hall–Kier alpha value is -1.75. The van der Waals surface area contributed by atoms with Crippen molar-refractivity contribution in [2.45, 2.75) is 13.8 Å². The Labute approximate surface area is 120 Å². The van der Waals surface area contributed by atoms with Crippen LogP contribution in [0, 0.1) is 13.8 Å². The highest BCUT2D eigenvalue weighted by atomic mass is 79.9. The van der Waals surface area contributed by atoms with Crippen molar-refractivity contribution in [3.63, 3.8) is 0 Å². The number of benzene rings is 1. The maximum absolute atomic E-state index is 11.8. The number of alkyl halides is 1. The number of ether oxygens (including phenoxy) is 1. The van der Waals surface area contributed by atoms with Gasteiger partial charge >= 0.3 is 0 Å². The van der Waals surface area contributed by atoms with Gasteiger partial charge in [0.25, 0.3) is 0 Å². The van der Waals surface area contributed by atoms with Crippen molar-refractivity contribution < 1.29 is 9.53 Å². The lowest BCUT2D eigenvalue weighted by atomic mass is 9.99. The second kappa shape index (κ2) is 5.93. The van der Waals surface area contributed by atoms with E-state index in [1.54, 1.807) is 18.6 Å². The first kappa shape index (κ1) is 13.7. The van der Waals surface area contributed by atoms with Crippen LogP contribution in [0.5, 0.6) is 11.6 Å². The Morgan fingerprint density at radius 1 is 1.26 bits per heavy atom. The lowest BCUT2D eigenvalue weighted by Crippen LogP contribution is -2.06. The summed E-state index contributed by atoms with van der Waals surface area (Å²) in [5, 5.41) is 0.318. The van der Waals surface area contributed by atoms with Gasteiger partial charge in [-0.25, -0.2) is 4.98 Å². The first-order valence-electron chi connectivity index (χ1n) is 5.76. The molecule has 0 aliphatic heterocycles. The molecule has 0 bridgehead atoms. The fourth-order valence-corrected chi connectivity index (χ4v) is 2.23. The summed E-state index contributed by atoms with van der Waals surface area (Å²) in [6.07, 6.45) is 4.70. The van der Waals surface area contributed by atoms with Crippen molar-refractivity contribution >= 4 is 21.7 Å². The molecule has 0 aliphatic carbocycles. The molecule has 0 unspecified atom stereocenters. The van der Waals surface area contributed by atoms with Crippen LogP contribution in [-0.2, 0) is 0 Å². The van der Waals surface area contributed by atoms with Gasteiger partial charge in [0.05, 0.1) is 11.5 Å². The molecule has 98 valence electrons. The fraction of sp³-hybridized carbons (Fsp3) is 0.214.